The van der Waals surface area contributed by atoms with Crippen LogP contribution in [0, 0.1) is 0 Å². The zero-order chi connectivity index (χ0) is 12.8. The molecule has 4 aromatic rings. The molecule has 3 aromatic heterocycles. The van der Waals surface area contributed by atoms with Crippen molar-refractivity contribution >= 4 is 44.2 Å². The van der Waals surface area contributed by atoms with Gasteiger partial charge in [0.15, 0.2) is 0 Å². The van der Waals surface area contributed by atoms with Gasteiger partial charge in [0.05, 0.1) is 5.52 Å². The van der Waals surface area contributed by atoms with Crippen molar-refractivity contribution in [1.82, 2.24) is 20.0 Å². The minimum atomic E-state index is 0.504. The molecule has 0 aliphatic carbocycles. The molecule has 4 rings (SSSR count). The van der Waals surface area contributed by atoms with Crippen molar-refractivity contribution in [2.24, 2.45) is 0 Å². The zero-order valence-electron chi connectivity index (χ0n) is 9.62. The summed E-state index contributed by atoms with van der Waals surface area (Å²) in [4.78, 5) is 5.21. The molecule has 0 fully saturated rings. The second kappa shape index (κ2) is 4.01. The summed E-state index contributed by atoms with van der Waals surface area (Å²) >= 11 is 7.46. The van der Waals surface area contributed by atoms with Crippen LogP contribution in [0.25, 0.3) is 26.3 Å². The number of pyridine rings is 1. The van der Waals surface area contributed by atoms with E-state index < -0.39 is 0 Å². The van der Waals surface area contributed by atoms with E-state index in [1.54, 1.807) is 17.4 Å². The Morgan fingerprint density at radius 3 is 2.95 bits per heavy atom. The van der Waals surface area contributed by atoms with Gasteiger partial charge in [0.1, 0.15) is 20.5 Å². The van der Waals surface area contributed by atoms with Crippen LogP contribution in [-0.4, -0.2) is 20.0 Å². The number of hydrogen-bond donors (Lipinski definition) is 0. The second-order valence-corrected chi connectivity index (χ2v) is 5.50. The van der Waals surface area contributed by atoms with Gasteiger partial charge in [0.2, 0.25) is 0 Å². The third kappa shape index (κ3) is 1.70. The molecule has 0 N–H and O–H groups in total. The number of rotatable bonds is 1. The van der Waals surface area contributed by atoms with E-state index in [-0.39, 0.29) is 0 Å². The van der Waals surface area contributed by atoms with E-state index in [1.807, 2.05) is 41.1 Å². The molecule has 0 spiro atoms. The maximum atomic E-state index is 5.91. The molecular weight excluding hydrogens is 280 g/mol. The van der Waals surface area contributed by atoms with E-state index in [0.717, 1.165) is 26.3 Å². The largest absolute Gasteiger partial charge is 0.225 e. The Kier molecular flexibility index (Phi) is 2.30. The van der Waals surface area contributed by atoms with Gasteiger partial charge in [-0.2, -0.15) is 0 Å². The Morgan fingerprint density at radius 1 is 1.11 bits per heavy atom. The topological polar surface area (TPSA) is 43.6 Å². The first-order valence-electron chi connectivity index (χ1n) is 5.68. The Hall–Kier alpha value is -1.98. The monoisotopic (exact) mass is 286 g/mol. The summed E-state index contributed by atoms with van der Waals surface area (Å²) in [6, 6.07) is 13.7. The summed E-state index contributed by atoms with van der Waals surface area (Å²) in [6.07, 6.45) is 0. The molecule has 0 saturated heterocycles. The Labute approximate surface area is 117 Å². The van der Waals surface area contributed by atoms with E-state index in [0.29, 0.717) is 5.15 Å². The van der Waals surface area contributed by atoms with E-state index in [1.165, 1.54) is 0 Å². The Balaban J connectivity index is 1.99. The minimum absolute atomic E-state index is 0.504. The van der Waals surface area contributed by atoms with Crippen LogP contribution in [0.2, 0.25) is 5.15 Å². The van der Waals surface area contributed by atoms with Crippen LogP contribution < -0.4 is 0 Å². The van der Waals surface area contributed by atoms with Gasteiger partial charge in [0.25, 0.3) is 0 Å². The van der Waals surface area contributed by atoms with Crippen molar-refractivity contribution in [3.63, 3.8) is 0 Å². The van der Waals surface area contributed by atoms with Gasteiger partial charge in [-0.25, -0.2) is 9.67 Å². The summed E-state index contributed by atoms with van der Waals surface area (Å²) in [6.45, 7) is 0. The van der Waals surface area contributed by atoms with Gasteiger partial charge >= 0.3 is 0 Å². The molecule has 6 heteroatoms. The standard InChI is InChI=1S/C13H7ClN4S/c14-11-6-5-8-7-12(19-13(8)15-11)18-10-4-2-1-3-9(10)16-17-18/h1-7H. The molecule has 0 atom stereocenters. The Morgan fingerprint density at radius 2 is 2.00 bits per heavy atom. The minimum Gasteiger partial charge on any atom is -0.225 e. The fraction of sp³-hybridized carbons (Fsp3) is 0. The molecule has 4 nitrogen and oxygen atoms in total. The maximum absolute atomic E-state index is 5.91. The van der Waals surface area contributed by atoms with Crippen molar-refractivity contribution in [2.75, 3.05) is 0 Å². The highest BCUT2D eigenvalue weighted by Gasteiger charge is 2.10. The number of thiophene rings is 1. The first-order chi connectivity index (χ1) is 9.31. The van der Waals surface area contributed by atoms with Crippen LogP contribution in [0.15, 0.2) is 42.5 Å². The molecule has 0 amide bonds. The van der Waals surface area contributed by atoms with Crippen molar-refractivity contribution in [2.45, 2.75) is 0 Å². The number of aromatic nitrogens is 4. The molecular formula is C13H7ClN4S. The lowest BCUT2D eigenvalue weighted by Gasteiger charge is -1.95. The van der Waals surface area contributed by atoms with Crippen molar-refractivity contribution in [1.29, 1.82) is 0 Å². The van der Waals surface area contributed by atoms with Crippen LogP contribution in [0.5, 0.6) is 0 Å². The van der Waals surface area contributed by atoms with Crippen molar-refractivity contribution in [3.05, 3.63) is 47.6 Å². The summed E-state index contributed by atoms with van der Waals surface area (Å²) in [7, 11) is 0. The number of fused-ring (bicyclic) bond motifs is 2. The first-order valence-corrected chi connectivity index (χ1v) is 6.88. The van der Waals surface area contributed by atoms with E-state index in [4.69, 9.17) is 11.6 Å². The number of para-hydroxylation sites is 1. The predicted molar refractivity (Wildman–Crippen MR) is 77.1 cm³/mol. The van der Waals surface area contributed by atoms with E-state index in [2.05, 4.69) is 15.3 Å². The van der Waals surface area contributed by atoms with Crippen LogP contribution >= 0.6 is 22.9 Å². The maximum Gasteiger partial charge on any atom is 0.130 e. The van der Waals surface area contributed by atoms with Gasteiger partial charge in [0, 0.05) is 5.39 Å². The SMILES string of the molecule is Clc1ccc2cc(-n3nnc4ccccc43)sc2n1. The van der Waals surface area contributed by atoms with Crippen molar-refractivity contribution < 1.29 is 0 Å². The molecule has 0 aliphatic rings. The highest BCUT2D eigenvalue weighted by molar-refractivity contribution is 7.21. The van der Waals surface area contributed by atoms with Gasteiger partial charge in [-0.3, -0.25) is 0 Å². The molecule has 19 heavy (non-hydrogen) atoms. The van der Waals surface area contributed by atoms with E-state index >= 15 is 0 Å². The molecule has 0 bridgehead atoms. The highest BCUT2D eigenvalue weighted by atomic mass is 35.5. The molecule has 0 unspecified atom stereocenters. The van der Waals surface area contributed by atoms with Gasteiger partial charge in [-0.15, -0.1) is 5.10 Å². The van der Waals surface area contributed by atoms with Crippen LogP contribution in [0.1, 0.15) is 0 Å². The highest BCUT2D eigenvalue weighted by Crippen LogP contribution is 2.29. The quantitative estimate of drug-likeness (QED) is 0.501. The molecule has 0 radical (unpaired) electrons. The fourth-order valence-electron chi connectivity index (χ4n) is 2.02. The third-order valence-electron chi connectivity index (χ3n) is 2.90. The fourth-order valence-corrected chi connectivity index (χ4v) is 3.21. The Bertz CT molecular complexity index is 896. The lowest BCUT2D eigenvalue weighted by Crippen LogP contribution is -1.92. The summed E-state index contributed by atoms with van der Waals surface area (Å²) in [5.41, 5.74) is 1.87. The second-order valence-electron chi connectivity index (χ2n) is 4.10. The zero-order valence-corrected chi connectivity index (χ0v) is 11.2. The van der Waals surface area contributed by atoms with Gasteiger partial charge < -0.3 is 0 Å². The number of hydrogen-bond acceptors (Lipinski definition) is 4. The normalized spacial score (nSPS) is 11.4. The number of benzene rings is 1. The molecule has 3 heterocycles. The summed E-state index contributed by atoms with van der Waals surface area (Å²) in [5.74, 6) is 0. The molecule has 1 aromatic carbocycles. The van der Waals surface area contributed by atoms with Crippen LogP contribution in [0.4, 0.5) is 0 Å². The first kappa shape index (κ1) is 10.9. The smallest absolute Gasteiger partial charge is 0.130 e. The molecule has 0 aliphatic heterocycles. The average Bonchev–Trinajstić information content (AvgIpc) is 3.00. The lowest BCUT2D eigenvalue weighted by molar-refractivity contribution is 0.836. The van der Waals surface area contributed by atoms with Gasteiger partial charge in [-0.05, 0) is 30.3 Å². The summed E-state index contributed by atoms with van der Waals surface area (Å²) < 4.78 is 1.83. The van der Waals surface area contributed by atoms with Gasteiger partial charge in [-0.1, -0.05) is 40.3 Å². The van der Waals surface area contributed by atoms with Crippen molar-refractivity contribution in [3.8, 4) is 5.00 Å². The lowest BCUT2D eigenvalue weighted by atomic mass is 10.3. The summed E-state index contributed by atoms with van der Waals surface area (Å²) in [5, 5.41) is 10.9. The number of nitrogens with zero attached hydrogens (tertiary/aromatic N) is 4. The van der Waals surface area contributed by atoms with Crippen LogP contribution in [-0.2, 0) is 0 Å². The molecule has 92 valence electrons. The number of halogens is 1. The van der Waals surface area contributed by atoms with Crippen LogP contribution in [0.3, 0.4) is 0 Å². The predicted octanol–water partition coefficient (Wildman–Crippen LogP) is 3.68. The average molecular weight is 287 g/mol. The van der Waals surface area contributed by atoms with E-state index in [9.17, 15) is 0 Å². The third-order valence-corrected chi connectivity index (χ3v) is 4.13. The molecule has 0 saturated carbocycles.